The van der Waals surface area contributed by atoms with Crippen LogP contribution in [0.5, 0.6) is 0 Å². The van der Waals surface area contributed by atoms with Crippen LogP contribution in [0.3, 0.4) is 0 Å². The van der Waals surface area contributed by atoms with Gasteiger partial charge >= 0.3 is 0 Å². The van der Waals surface area contributed by atoms with Crippen molar-refractivity contribution in [1.82, 2.24) is 14.9 Å². The van der Waals surface area contributed by atoms with E-state index >= 15 is 0 Å². The largest absolute Gasteiger partial charge is 0.374 e. The van der Waals surface area contributed by atoms with Crippen molar-refractivity contribution in [3.8, 4) is 0 Å². The van der Waals surface area contributed by atoms with Crippen LogP contribution in [-0.2, 0) is 22.6 Å². The van der Waals surface area contributed by atoms with Crippen LogP contribution in [0.15, 0.2) is 29.9 Å². The third kappa shape index (κ3) is 3.52. The first-order valence-electron chi connectivity index (χ1n) is 8.57. The highest BCUT2D eigenvalue weighted by Crippen LogP contribution is 2.33. The normalized spacial score (nSPS) is 27.3. The highest BCUT2D eigenvalue weighted by Gasteiger charge is 2.43. The molecule has 6 heteroatoms. The van der Waals surface area contributed by atoms with Gasteiger partial charge in [-0.2, -0.15) is 0 Å². The molecule has 2 aromatic rings. The molecule has 2 fully saturated rings. The molecule has 3 atom stereocenters. The zero-order valence-corrected chi connectivity index (χ0v) is 14.7. The number of hydrogen-bond acceptors (Lipinski definition) is 6. The first-order chi connectivity index (χ1) is 11.8. The molecule has 0 N–H and O–H groups in total. The summed E-state index contributed by atoms with van der Waals surface area (Å²) in [6, 6.07) is 4.44. The Hall–Kier alpha value is -1.34. The smallest absolute Gasteiger partial charge is 0.107 e. The van der Waals surface area contributed by atoms with Crippen molar-refractivity contribution in [2.24, 2.45) is 0 Å². The summed E-state index contributed by atoms with van der Waals surface area (Å²) < 4.78 is 12.4. The average molecular weight is 345 g/mol. The van der Waals surface area contributed by atoms with Crippen LogP contribution in [0.4, 0.5) is 0 Å². The summed E-state index contributed by atoms with van der Waals surface area (Å²) in [5.41, 5.74) is 2.27. The fraction of sp³-hybridized carbons (Fsp3) is 0.556. The fourth-order valence-electron chi connectivity index (χ4n) is 3.70. The maximum atomic E-state index is 6.30. The first kappa shape index (κ1) is 16.1. The van der Waals surface area contributed by atoms with E-state index in [1.54, 1.807) is 11.3 Å². The Bertz CT molecular complexity index is 663. The Balaban J connectivity index is 1.45. The summed E-state index contributed by atoms with van der Waals surface area (Å²) in [6.07, 6.45) is 6.21. The van der Waals surface area contributed by atoms with Crippen LogP contribution < -0.4 is 0 Å². The monoisotopic (exact) mass is 345 g/mol. The van der Waals surface area contributed by atoms with E-state index in [4.69, 9.17) is 9.47 Å². The summed E-state index contributed by atoms with van der Waals surface area (Å²) in [4.78, 5) is 11.2. The van der Waals surface area contributed by atoms with Crippen LogP contribution in [-0.4, -0.2) is 46.3 Å². The van der Waals surface area contributed by atoms with Gasteiger partial charge in [-0.3, -0.25) is 9.88 Å². The number of hydrogen-bond donors (Lipinski definition) is 0. The first-order valence-corrected chi connectivity index (χ1v) is 9.45. The van der Waals surface area contributed by atoms with Crippen molar-refractivity contribution in [2.75, 3.05) is 13.2 Å². The van der Waals surface area contributed by atoms with Crippen LogP contribution in [0.2, 0.25) is 0 Å². The standard InChI is InChI=1S/C18H23N3O2S/c1-13-12-24-17(20-13)10-21-8-9-22-16-3-2-15(21)18(16)23-11-14-4-6-19-7-5-14/h4-7,12,15-16,18H,2-3,8-11H2,1H3. The van der Waals surface area contributed by atoms with Gasteiger partial charge in [-0.25, -0.2) is 4.98 Å². The van der Waals surface area contributed by atoms with Gasteiger partial charge in [0.05, 0.1) is 32.0 Å². The molecule has 2 aliphatic rings. The van der Waals surface area contributed by atoms with Gasteiger partial charge in [0.1, 0.15) is 5.01 Å². The molecule has 2 bridgehead atoms. The van der Waals surface area contributed by atoms with Gasteiger partial charge in [-0.05, 0) is 37.5 Å². The summed E-state index contributed by atoms with van der Waals surface area (Å²) >= 11 is 1.75. The average Bonchev–Trinajstić information content (AvgIpc) is 3.13. The molecule has 0 radical (unpaired) electrons. The Morgan fingerprint density at radius 2 is 2.21 bits per heavy atom. The van der Waals surface area contributed by atoms with E-state index in [0.717, 1.165) is 43.8 Å². The van der Waals surface area contributed by atoms with Crippen LogP contribution in [0, 0.1) is 6.92 Å². The molecule has 0 aromatic carbocycles. The van der Waals surface area contributed by atoms with E-state index in [1.165, 1.54) is 5.01 Å². The quantitative estimate of drug-likeness (QED) is 0.834. The third-order valence-corrected chi connectivity index (χ3v) is 5.82. The molecule has 128 valence electrons. The highest BCUT2D eigenvalue weighted by molar-refractivity contribution is 7.09. The molecule has 1 aliphatic heterocycles. The minimum atomic E-state index is 0.140. The van der Waals surface area contributed by atoms with Gasteiger partial charge in [0.2, 0.25) is 0 Å². The SMILES string of the molecule is Cc1csc(CN2CCOC3CCC2C3OCc2ccncc2)n1. The van der Waals surface area contributed by atoms with Gasteiger partial charge in [-0.15, -0.1) is 11.3 Å². The number of ether oxygens (including phenoxy) is 2. The molecule has 0 spiro atoms. The van der Waals surface area contributed by atoms with E-state index < -0.39 is 0 Å². The van der Waals surface area contributed by atoms with Crippen molar-refractivity contribution >= 4 is 11.3 Å². The van der Waals surface area contributed by atoms with Gasteiger partial charge in [0.25, 0.3) is 0 Å². The summed E-state index contributed by atoms with van der Waals surface area (Å²) in [5, 5.41) is 3.31. The summed E-state index contributed by atoms with van der Waals surface area (Å²) in [5.74, 6) is 0. The molecule has 2 aromatic heterocycles. The Morgan fingerprint density at radius 3 is 3.00 bits per heavy atom. The predicted octanol–water partition coefficient (Wildman–Crippen LogP) is 2.80. The zero-order valence-electron chi connectivity index (χ0n) is 13.9. The number of aryl methyl sites for hydroxylation is 1. The second kappa shape index (κ2) is 7.27. The number of thiazole rings is 1. The van der Waals surface area contributed by atoms with Gasteiger partial charge in [-0.1, -0.05) is 0 Å². The van der Waals surface area contributed by atoms with E-state index in [1.807, 2.05) is 24.5 Å². The molecule has 3 unspecified atom stereocenters. The molecule has 1 saturated carbocycles. The fourth-order valence-corrected chi connectivity index (χ4v) is 4.50. The molecule has 4 rings (SSSR count). The van der Waals surface area contributed by atoms with Crippen molar-refractivity contribution in [3.05, 3.63) is 46.2 Å². The third-order valence-electron chi connectivity index (χ3n) is 4.87. The zero-order chi connectivity index (χ0) is 16.4. The molecule has 1 aliphatic carbocycles. The highest BCUT2D eigenvalue weighted by atomic mass is 32.1. The van der Waals surface area contributed by atoms with Gasteiger partial charge in [0, 0.05) is 36.1 Å². The molecule has 24 heavy (non-hydrogen) atoms. The summed E-state index contributed by atoms with van der Waals surface area (Å²) in [6.45, 7) is 5.30. The minimum Gasteiger partial charge on any atom is -0.374 e. The van der Waals surface area contributed by atoms with E-state index in [0.29, 0.717) is 12.6 Å². The molecule has 5 nitrogen and oxygen atoms in total. The Kier molecular flexibility index (Phi) is 4.89. The second-order valence-electron chi connectivity index (χ2n) is 6.54. The van der Waals surface area contributed by atoms with E-state index in [9.17, 15) is 0 Å². The predicted molar refractivity (Wildman–Crippen MR) is 92.8 cm³/mol. The lowest BCUT2D eigenvalue weighted by Crippen LogP contribution is -2.42. The number of pyridine rings is 1. The topological polar surface area (TPSA) is 47.5 Å². The molecule has 1 saturated heterocycles. The maximum absolute atomic E-state index is 6.30. The van der Waals surface area contributed by atoms with Crippen LogP contribution in [0.1, 0.15) is 29.1 Å². The molecule has 0 amide bonds. The maximum Gasteiger partial charge on any atom is 0.107 e. The molecular weight excluding hydrogens is 322 g/mol. The van der Waals surface area contributed by atoms with Crippen molar-refractivity contribution in [1.29, 1.82) is 0 Å². The van der Waals surface area contributed by atoms with E-state index in [2.05, 4.69) is 27.2 Å². The van der Waals surface area contributed by atoms with E-state index in [-0.39, 0.29) is 12.2 Å². The van der Waals surface area contributed by atoms with Crippen LogP contribution >= 0.6 is 11.3 Å². The lowest BCUT2D eigenvalue weighted by molar-refractivity contribution is -0.0614. The molecule has 3 heterocycles. The summed E-state index contributed by atoms with van der Waals surface area (Å²) in [7, 11) is 0. The number of nitrogens with zero attached hydrogens (tertiary/aromatic N) is 3. The second-order valence-corrected chi connectivity index (χ2v) is 7.48. The Morgan fingerprint density at radius 1 is 1.33 bits per heavy atom. The Labute approximate surface area is 146 Å². The van der Waals surface area contributed by atoms with Gasteiger partial charge < -0.3 is 9.47 Å². The van der Waals surface area contributed by atoms with Crippen molar-refractivity contribution < 1.29 is 9.47 Å². The van der Waals surface area contributed by atoms with Crippen molar-refractivity contribution in [3.63, 3.8) is 0 Å². The lowest BCUT2D eigenvalue weighted by atomic mass is 10.1. The number of rotatable bonds is 5. The lowest BCUT2D eigenvalue weighted by Gasteiger charge is -2.30. The van der Waals surface area contributed by atoms with Crippen molar-refractivity contribution in [2.45, 2.75) is 51.2 Å². The number of aromatic nitrogens is 2. The molecular formula is C18H23N3O2S. The van der Waals surface area contributed by atoms with Crippen LogP contribution in [0.25, 0.3) is 0 Å². The minimum absolute atomic E-state index is 0.140. The van der Waals surface area contributed by atoms with Gasteiger partial charge in [0.15, 0.2) is 0 Å². The number of fused-ring (bicyclic) bond motifs is 2.